The van der Waals surface area contributed by atoms with Crippen LogP contribution in [0.1, 0.15) is 367 Å². The highest BCUT2D eigenvalue weighted by Crippen LogP contribution is 2.18. The average molecular weight is 1110 g/mol. The van der Waals surface area contributed by atoms with Crippen LogP contribution < -0.4 is 0 Å². The van der Waals surface area contributed by atoms with Crippen molar-refractivity contribution >= 4 is 17.9 Å². The molecule has 0 radical (unpaired) electrons. The third-order valence-electron chi connectivity index (χ3n) is 15.5. The van der Waals surface area contributed by atoms with Crippen molar-refractivity contribution in [2.45, 2.75) is 374 Å². The lowest BCUT2D eigenvalue weighted by atomic mass is 10.0. The fraction of sp³-hybridized carbons (Fsp3) is 0.822. The second-order valence-electron chi connectivity index (χ2n) is 23.4. The summed E-state index contributed by atoms with van der Waals surface area (Å²) in [5, 5.41) is 0. The van der Waals surface area contributed by atoms with Gasteiger partial charge in [-0.2, -0.15) is 0 Å². The van der Waals surface area contributed by atoms with E-state index >= 15 is 0 Å². The van der Waals surface area contributed by atoms with E-state index in [1.807, 2.05) is 0 Å². The highest BCUT2D eigenvalue weighted by molar-refractivity contribution is 5.71. The molecular formula is C73H132O6. The lowest BCUT2D eigenvalue weighted by Gasteiger charge is -2.18. The van der Waals surface area contributed by atoms with E-state index in [-0.39, 0.29) is 31.1 Å². The Morgan fingerprint density at radius 1 is 0.266 bits per heavy atom. The third kappa shape index (κ3) is 65.8. The fourth-order valence-corrected chi connectivity index (χ4v) is 10.3. The zero-order chi connectivity index (χ0) is 57.1. The van der Waals surface area contributed by atoms with Crippen molar-refractivity contribution < 1.29 is 28.6 Å². The van der Waals surface area contributed by atoms with Crippen molar-refractivity contribution in [3.63, 3.8) is 0 Å². The predicted octanol–water partition coefficient (Wildman–Crippen LogP) is 23.9. The van der Waals surface area contributed by atoms with Gasteiger partial charge in [0.2, 0.25) is 0 Å². The van der Waals surface area contributed by atoms with Gasteiger partial charge in [0.1, 0.15) is 13.2 Å². The van der Waals surface area contributed by atoms with Crippen molar-refractivity contribution in [1.82, 2.24) is 0 Å². The monoisotopic (exact) mass is 1110 g/mol. The fourth-order valence-electron chi connectivity index (χ4n) is 10.3. The number of hydrogen-bond acceptors (Lipinski definition) is 6. The summed E-state index contributed by atoms with van der Waals surface area (Å²) in [6.07, 6.45) is 86.8. The maximum atomic E-state index is 12.9. The van der Waals surface area contributed by atoms with Crippen LogP contribution in [-0.2, 0) is 28.6 Å². The molecule has 0 fully saturated rings. The maximum Gasteiger partial charge on any atom is 0.306 e. The number of carbonyl (C=O) groups excluding carboxylic acids is 3. The van der Waals surface area contributed by atoms with Crippen LogP contribution >= 0.6 is 0 Å². The first kappa shape index (κ1) is 76.1. The summed E-state index contributed by atoms with van der Waals surface area (Å²) in [6.45, 7) is 6.56. The molecule has 0 N–H and O–H groups in total. The topological polar surface area (TPSA) is 78.9 Å². The molecule has 0 aromatic rings. The quantitative estimate of drug-likeness (QED) is 0.0261. The zero-order valence-electron chi connectivity index (χ0n) is 52.9. The Balaban J connectivity index is 4.22. The molecular weight excluding hydrogens is 973 g/mol. The summed E-state index contributed by atoms with van der Waals surface area (Å²) < 4.78 is 17.0. The maximum absolute atomic E-state index is 12.9. The number of hydrogen-bond donors (Lipinski definition) is 0. The Kier molecular flexibility index (Phi) is 65.1. The van der Waals surface area contributed by atoms with Crippen molar-refractivity contribution in [1.29, 1.82) is 0 Å². The number of ether oxygens (including phenoxy) is 3. The number of allylic oxidation sites excluding steroid dienone is 10. The van der Waals surface area contributed by atoms with Gasteiger partial charge in [0.15, 0.2) is 6.10 Å². The Bertz CT molecular complexity index is 1410. The molecule has 0 aromatic carbocycles. The predicted molar refractivity (Wildman–Crippen MR) is 344 cm³/mol. The van der Waals surface area contributed by atoms with Gasteiger partial charge in [0.25, 0.3) is 0 Å². The molecule has 0 saturated heterocycles. The van der Waals surface area contributed by atoms with Crippen molar-refractivity contribution in [2.24, 2.45) is 0 Å². The minimum atomic E-state index is -0.783. The Hall–Kier alpha value is -2.89. The molecule has 0 saturated carbocycles. The van der Waals surface area contributed by atoms with Crippen LogP contribution in [0.15, 0.2) is 60.8 Å². The van der Waals surface area contributed by atoms with Crippen LogP contribution in [0.4, 0.5) is 0 Å². The molecule has 0 aliphatic carbocycles. The van der Waals surface area contributed by atoms with E-state index in [4.69, 9.17) is 14.2 Å². The molecule has 6 heteroatoms. The van der Waals surface area contributed by atoms with Gasteiger partial charge in [-0.15, -0.1) is 0 Å². The largest absolute Gasteiger partial charge is 0.462 e. The number of esters is 3. The summed E-state index contributed by atoms with van der Waals surface area (Å²) >= 11 is 0. The molecule has 0 heterocycles. The SMILES string of the molecule is CC/C=C\C/C=C\C/C=C\CCCCCCCCCC(=O)OC(COC(=O)CCCCCCC/C=C\CCCCCCCC)COC(=O)CCCCCCCCCCCCCCCCCCC/C=C\CCCCCCCCCC. The van der Waals surface area contributed by atoms with E-state index in [0.717, 1.165) is 89.9 Å². The molecule has 0 spiro atoms. The van der Waals surface area contributed by atoms with Gasteiger partial charge in [-0.25, -0.2) is 0 Å². The van der Waals surface area contributed by atoms with E-state index in [9.17, 15) is 14.4 Å². The number of carbonyl (C=O) groups is 3. The van der Waals surface area contributed by atoms with Crippen LogP contribution in [0.25, 0.3) is 0 Å². The second-order valence-corrected chi connectivity index (χ2v) is 23.4. The van der Waals surface area contributed by atoms with Gasteiger partial charge < -0.3 is 14.2 Å². The van der Waals surface area contributed by atoms with E-state index < -0.39 is 6.10 Å². The smallest absolute Gasteiger partial charge is 0.306 e. The lowest BCUT2D eigenvalue weighted by Crippen LogP contribution is -2.30. The number of unbranched alkanes of at least 4 members (excludes halogenated alkanes) is 43. The lowest BCUT2D eigenvalue weighted by molar-refractivity contribution is -0.167. The minimum absolute atomic E-state index is 0.0778. The molecule has 0 aliphatic rings. The zero-order valence-corrected chi connectivity index (χ0v) is 52.9. The van der Waals surface area contributed by atoms with E-state index in [1.165, 1.54) is 238 Å². The molecule has 0 bridgehead atoms. The third-order valence-corrected chi connectivity index (χ3v) is 15.5. The van der Waals surface area contributed by atoms with Crippen LogP contribution in [-0.4, -0.2) is 37.2 Å². The second kappa shape index (κ2) is 67.6. The highest BCUT2D eigenvalue weighted by Gasteiger charge is 2.19. The van der Waals surface area contributed by atoms with Gasteiger partial charge >= 0.3 is 17.9 Å². The molecule has 6 nitrogen and oxygen atoms in total. The van der Waals surface area contributed by atoms with Crippen molar-refractivity contribution in [3.05, 3.63) is 60.8 Å². The first-order valence-corrected chi connectivity index (χ1v) is 34.8. The Morgan fingerprint density at radius 3 is 0.785 bits per heavy atom. The van der Waals surface area contributed by atoms with E-state index in [0.29, 0.717) is 19.3 Å². The summed E-state index contributed by atoms with van der Waals surface area (Å²) in [6, 6.07) is 0. The van der Waals surface area contributed by atoms with Gasteiger partial charge in [-0.1, -0.05) is 306 Å². The van der Waals surface area contributed by atoms with Crippen LogP contribution in [0.2, 0.25) is 0 Å². The molecule has 0 aromatic heterocycles. The first-order chi connectivity index (χ1) is 39.0. The summed E-state index contributed by atoms with van der Waals surface area (Å²) in [5.41, 5.74) is 0. The summed E-state index contributed by atoms with van der Waals surface area (Å²) in [4.78, 5) is 38.4. The summed E-state index contributed by atoms with van der Waals surface area (Å²) in [5.74, 6) is -0.876. The molecule has 0 aliphatic heterocycles. The van der Waals surface area contributed by atoms with Gasteiger partial charge in [-0.05, 0) is 103 Å². The van der Waals surface area contributed by atoms with Gasteiger partial charge in [0.05, 0.1) is 0 Å². The van der Waals surface area contributed by atoms with Crippen molar-refractivity contribution in [3.8, 4) is 0 Å². The van der Waals surface area contributed by atoms with Crippen molar-refractivity contribution in [2.75, 3.05) is 13.2 Å². The van der Waals surface area contributed by atoms with E-state index in [1.54, 1.807) is 0 Å². The molecule has 1 atom stereocenters. The molecule has 460 valence electrons. The molecule has 0 amide bonds. The Labute approximate surface area is 491 Å². The highest BCUT2D eigenvalue weighted by atomic mass is 16.6. The normalized spacial score (nSPS) is 12.4. The Morgan fingerprint density at radius 2 is 0.494 bits per heavy atom. The number of rotatable bonds is 64. The van der Waals surface area contributed by atoms with Crippen LogP contribution in [0.3, 0.4) is 0 Å². The van der Waals surface area contributed by atoms with E-state index in [2.05, 4.69) is 81.5 Å². The van der Waals surface area contributed by atoms with Crippen LogP contribution in [0.5, 0.6) is 0 Å². The molecule has 1 unspecified atom stereocenters. The summed E-state index contributed by atoms with van der Waals surface area (Å²) in [7, 11) is 0. The molecule has 79 heavy (non-hydrogen) atoms. The minimum Gasteiger partial charge on any atom is -0.462 e. The first-order valence-electron chi connectivity index (χ1n) is 34.8. The van der Waals surface area contributed by atoms with Gasteiger partial charge in [0, 0.05) is 19.3 Å². The molecule has 0 rings (SSSR count). The van der Waals surface area contributed by atoms with Gasteiger partial charge in [-0.3, -0.25) is 14.4 Å². The standard InChI is InChI=1S/C73H132O6/c1-4-7-10-13-16-19-22-25-28-30-31-32-33-34-35-36-37-38-39-40-41-43-45-48-51-54-57-60-63-66-72(75)78-69-70(68-77-71(74)65-62-59-56-53-50-47-44-27-24-21-18-15-12-9-6-3)79-73(76)67-64-61-58-55-52-49-46-42-29-26-23-20-17-14-11-8-5-2/h8,11,17,20,26-27,29-31,44,70H,4-7,9-10,12-16,18-19,21-25,28,32-43,45-69H2,1-3H3/b11-8-,20-17-,29-26-,31-30-,44-27-. The average Bonchev–Trinajstić information content (AvgIpc) is 3.45. The van der Waals surface area contributed by atoms with Crippen LogP contribution in [0, 0.1) is 0 Å².